The van der Waals surface area contributed by atoms with Crippen molar-refractivity contribution in [2.75, 3.05) is 0 Å². The second-order valence-corrected chi connectivity index (χ2v) is 4.47. The predicted octanol–water partition coefficient (Wildman–Crippen LogP) is 3.52. The first kappa shape index (κ1) is 11.8. The van der Waals surface area contributed by atoms with Crippen LogP contribution in [0.25, 0.3) is 0 Å². The minimum absolute atomic E-state index is 0.545. The van der Waals surface area contributed by atoms with E-state index in [1.165, 1.54) is 11.1 Å². The molecule has 0 spiro atoms. The molecule has 1 atom stereocenters. The summed E-state index contributed by atoms with van der Waals surface area (Å²) in [4.78, 5) is 8.48. The zero-order valence-corrected chi connectivity index (χ0v) is 10.4. The van der Waals surface area contributed by atoms with Gasteiger partial charge in [0.2, 0.25) is 0 Å². The SMILES string of the molecule is Cc1ncccc1CCC(C)c1cccnc1. The van der Waals surface area contributed by atoms with Gasteiger partial charge in [0.05, 0.1) is 0 Å². The molecule has 0 bridgehead atoms. The number of aryl methyl sites for hydroxylation is 2. The molecule has 2 aromatic heterocycles. The van der Waals surface area contributed by atoms with E-state index < -0.39 is 0 Å². The summed E-state index contributed by atoms with van der Waals surface area (Å²) in [6.45, 7) is 4.33. The second kappa shape index (κ2) is 5.58. The fourth-order valence-electron chi connectivity index (χ4n) is 1.99. The number of hydrogen-bond acceptors (Lipinski definition) is 2. The third-order valence-electron chi connectivity index (χ3n) is 3.22. The topological polar surface area (TPSA) is 25.8 Å². The lowest BCUT2D eigenvalue weighted by molar-refractivity contribution is 0.673. The van der Waals surface area contributed by atoms with Crippen molar-refractivity contribution in [3.05, 3.63) is 59.7 Å². The lowest BCUT2D eigenvalue weighted by Gasteiger charge is -2.11. The summed E-state index contributed by atoms with van der Waals surface area (Å²) < 4.78 is 0. The summed E-state index contributed by atoms with van der Waals surface area (Å²) >= 11 is 0. The van der Waals surface area contributed by atoms with E-state index in [1.54, 1.807) is 0 Å². The van der Waals surface area contributed by atoms with E-state index in [4.69, 9.17) is 0 Å². The molecule has 1 unspecified atom stereocenters. The molecule has 0 amide bonds. The Bertz CT molecular complexity index is 465. The quantitative estimate of drug-likeness (QED) is 0.797. The molecule has 0 radical (unpaired) electrons. The molecule has 2 heteroatoms. The predicted molar refractivity (Wildman–Crippen MR) is 69.9 cm³/mol. The Morgan fingerprint density at radius 2 is 2.00 bits per heavy atom. The number of nitrogens with zero attached hydrogens (tertiary/aromatic N) is 2. The fourth-order valence-corrected chi connectivity index (χ4v) is 1.99. The van der Waals surface area contributed by atoms with Gasteiger partial charge in [-0.25, -0.2) is 0 Å². The number of rotatable bonds is 4. The molecule has 0 saturated heterocycles. The monoisotopic (exact) mass is 226 g/mol. The summed E-state index contributed by atoms with van der Waals surface area (Å²) in [5, 5.41) is 0. The van der Waals surface area contributed by atoms with Crippen molar-refractivity contribution in [1.29, 1.82) is 0 Å². The molecule has 0 fully saturated rings. The molecule has 2 rings (SSSR count). The van der Waals surface area contributed by atoms with Gasteiger partial charge in [0.25, 0.3) is 0 Å². The van der Waals surface area contributed by atoms with Crippen molar-refractivity contribution in [2.24, 2.45) is 0 Å². The normalized spacial score (nSPS) is 12.4. The van der Waals surface area contributed by atoms with Gasteiger partial charge >= 0.3 is 0 Å². The van der Waals surface area contributed by atoms with Crippen LogP contribution in [-0.2, 0) is 6.42 Å². The molecule has 2 nitrogen and oxygen atoms in total. The molecule has 17 heavy (non-hydrogen) atoms. The van der Waals surface area contributed by atoms with Crippen molar-refractivity contribution in [3.63, 3.8) is 0 Å². The van der Waals surface area contributed by atoms with E-state index in [-0.39, 0.29) is 0 Å². The zero-order valence-electron chi connectivity index (χ0n) is 10.4. The first-order chi connectivity index (χ1) is 8.27. The van der Waals surface area contributed by atoms with E-state index in [9.17, 15) is 0 Å². The highest BCUT2D eigenvalue weighted by molar-refractivity contribution is 5.20. The molecular formula is C15H18N2. The summed E-state index contributed by atoms with van der Waals surface area (Å²) in [6, 6.07) is 8.32. The third kappa shape index (κ3) is 3.13. The van der Waals surface area contributed by atoms with E-state index in [0.717, 1.165) is 18.5 Å². The minimum Gasteiger partial charge on any atom is -0.264 e. The molecule has 0 aliphatic rings. The van der Waals surface area contributed by atoms with E-state index in [1.807, 2.05) is 30.7 Å². The van der Waals surface area contributed by atoms with Crippen molar-refractivity contribution in [2.45, 2.75) is 32.6 Å². The van der Waals surface area contributed by atoms with Crippen molar-refractivity contribution < 1.29 is 0 Å². The maximum absolute atomic E-state index is 4.32. The Kier molecular flexibility index (Phi) is 3.86. The summed E-state index contributed by atoms with van der Waals surface area (Å²) in [5.74, 6) is 0.545. The van der Waals surface area contributed by atoms with Gasteiger partial charge in [-0.2, -0.15) is 0 Å². The zero-order chi connectivity index (χ0) is 12.1. The number of pyridine rings is 2. The first-order valence-corrected chi connectivity index (χ1v) is 6.08. The summed E-state index contributed by atoms with van der Waals surface area (Å²) in [6.07, 6.45) is 7.85. The Balaban J connectivity index is 1.97. The van der Waals surface area contributed by atoms with Crippen LogP contribution in [0.5, 0.6) is 0 Å². The molecule has 0 saturated carbocycles. The minimum atomic E-state index is 0.545. The summed E-state index contributed by atoms with van der Waals surface area (Å²) in [7, 11) is 0. The Labute approximate surface area is 103 Å². The number of aromatic nitrogens is 2. The molecule has 0 aliphatic heterocycles. The molecular weight excluding hydrogens is 208 g/mol. The molecule has 0 N–H and O–H groups in total. The molecule has 0 aromatic carbocycles. The molecule has 2 aromatic rings. The van der Waals surface area contributed by atoms with Crippen LogP contribution in [0.3, 0.4) is 0 Å². The van der Waals surface area contributed by atoms with Crippen LogP contribution in [0, 0.1) is 6.92 Å². The maximum Gasteiger partial charge on any atom is 0.0404 e. The van der Waals surface area contributed by atoms with E-state index in [2.05, 4.69) is 35.9 Å². The molecule has 88 valence electrons. The highest BCUT2D eigenvalue weighted by Crippen LogP contribution is 2.20. The smallest absolute Gasteiger partial charge is 0.0404 e. The van der Waals surface area contributed by atoms with Gasteiger partial charge < -0.3 is 0 Å². The average molecular weight is 226 g/mol. The van der Waals surface area contributed by atoms with Gasteiger partial charge in [0.15, 0.2) is 0 Å². The van der Waals surface area contributed by atoms with Crippen LogP contribution >= 0.6 is 0 Å². The van der Waals surface area contributed by atoms with Crippen molar-refractivity contribution >= 4 is 0 Å². The Morgan fingerprint density at radius 1 is 1.18 bits per heavy atom. The standard InChI is InChI=1S/C15H18N2/c1-12(15-6-3-9-16-11-15)7-8-14-5-4-10-17-13(14)2/h3-6,9-12H,7-8H2,1-2H3. The van der Waals surface area contributed by atoms with Gasteiger partial charge in [0.1, 0.15) is 0 Å². The molecule has 0 aliphatic carbocycles. The van der Waals surface area contributed by atoms with Gasteiger partial charge in [-0.05, 0) is 48.9 Å². The van der Waals surface area contributed by atoms with Crippen molar-refractivity contribution in [3.8, 4) is 0 Å². The van der Waals surface area contributed by atoms with Gasteiger partial charge in [-0.15, -0.1) is 0 Å². The molecule has 2 heterocycles. The lowest BCUT2D eigenvalue weighted by Crippen LogP contribution is -1.99. The highest BCUT2D eigenvalue weighted by Gasteiger charge is 2.06. The van der Waals surface area contributed by atoms with E-state index in [0.29, 0.717) is 5.92 Å². The Morgan fingerprint density at radius 3 is 2.71 bits per heavy atom. The third-order valence-corrected chi connectivity index (χ3v) is 3.22. The highest BCUT2D eigenvalue weighted by atomic mass is 14.7. The number of hydrogen-bond donors (Lipinski definition) is 0. The van der Waals surface area contributed by atoms with Crippen LogP contribution < -0.4 is 0 Å². The van der Waals surface area contributed by atoms with Crippen molar-refractivity contribution in [1.82, 2.24) is 9.97 Å². The lowest BCUT2D eigenvalue weighted by atomic mass is 9.95. The van der Waals surface area contributed by atoms with Gasteiger partial charge in [-0.3, -0.25) is 9.97 Å². The van der Waals surface area contributed by atoms with Crippen LogP contribution in [-0.4, -0.2) is 9.97 Å². The van der Waals surface area contributed by atoms with Crippen LogP contribution in [0.2, 0.25) is 0 Å². The van der Waals surface area contributed by atoms with Crippen LogP contribution in [0.1, 0.15) is 36.1 Å². The second-order valence-electron chi connectivity index (χ2n) is 4.47. The van der Waals surface area contributed by atoms with E-state index >= 15 is 0 Å². The van der Waals surface area contributed by atoms with Gasteiger partial charge in [0, 0.05) is 24.3 Å². The maximum atomic E-state index is 4.32. The average Bonchev–Trinajstić information content (AvgIpc) is 2.38. The summed E-state index contributed by atoms with van der Waals surface area (Å²) in [5.41, 5.74) is 3.81. The van der Waals surface area contributed by atoms with Crippen LogP contribution in [0.15, 0.2) is 42.9 Å². The van der Waals surface area contributed by atoms with Crippen LogP contribution in [0.4, 0.5) is 0 Å². The van der Waals surface area contributed by atoms with Gasteiger partial charge in [-0.1, -0.05) is 19.1 Å². The largest absolute Gasteiger partial charge is 0.264 e. The Hall–Kier alpha value is -1.70. The first-order valence-electron chi connectivity index (χ1n) is 6.08. The fraction of sp³-hybridized carbons (Fsp3) is 0.333.